The number of nitrogens with zero attached hydrogens (tertiary/aromatic N) is 3. The average Bonchev–Trinajstić information content (AvgIpc) is 3.36. The number of carbonyl (C=O) groups is 2. The molecule has 0 unspecified atom stereocenters. The van der Waals surface area contributed by atoms with Gasteiger partial charge in [0.1, 0.15) is 5.51 Å². The quantitative estimate of drug-likeness (QED) is 0.709. The highest BCUT2D eigenvalue weighted by atomic mass is 32.1. The van der Waals surface area contributed by atoms with Gasteiger partial charge in [-0.2, -0.15) is 0 Å². The van der Waals surface area contributed by atoms with Crippen LogP contribution in [0, 0.1) is 5.92 Å². The number of carbonyl (C=O) groups excluding carboxylic acids is 2. The van der Waals surface area contributed by atoms with Gasteiger partial charge in [0.05, 0.1) is 5.92 Å². The van der Waals surface area contributed by atoms with Crippen LogP contribution in [0.3, 0.4) is 0 Å². The maximum atomic E-state index is 12.7. The van der Waals surface area contributed by atoms with E-state index in [1.54, 1.807) is 5.51 Å². The molecule has 1 aromatic carbocycles. The molecule has 0 spiro atoms. The van der Waals surface area contributed by atoms with Gasteiger partial charge in [-0.15, -0.1) is 10.2 Å². The molecule has 3 aromatic rings. The molecular weight excluding hydrogens is 362 g/mol. The van der Waals surface area contributed by atoms with Gasteiger partial charge in [-0.05, 0) is 30.9 Å². The number of aromatic amines is 1. The average molecular weight is 383 g/mol. The van der Waals surface area contributed by atoms with E-state index >= 15 is 0 Å². The predicted octanol–water partition coefficient (Wildman–Crippen LogP) is 2.83. The van der Waals surface area contributed by atoms with E-state index in [-0.39, 0.29) is 17.7 Å². The van der Waals surface area contributed by atoms with Crippen molar-refractivity contribution in [3.63, 3.8) is 0 Å². The molecule has 2 aromatic heterocycles. The summed E-state index contributed by atoms with van der Waals surface area (Å²) in [4.78, 5) is 30.2. The highest BCUT2D eigenvalue weighted by Crippen LogP contribution is 2.22. The summed E-state index contributed by atoms with van der Waals surface area (Å²) in [5.41, 5.74) is 3.82. The second-order valence-corrected chi connectivity index (χ2v) is 7.60. The van der Waals surface area contributed by atoms with Crippen molar-refractivity contribution in [3.05, 3.63) is 41.5 Å². The van der Waals surface area contributed by atoms with Crippen LogP contribution in [-0.2, 0) is 16.0 Å². The third-order valence-electron chi connectivity index (χ3n) is 5.02. The van der Waals surface area contributed by atoms with Gasteiger partial charge in [0.15, 0.2) is 0 Å². The number of nitrogens with one attached hydrogen (secondary N) is 2. The molecule has 3 heterocycles. The van der Waals surface area contributed by atoms with E-state index in [9.17, 15) is 9.59 Å². The molecule has 0 saturated carbocycles. The number of H-pyrrole nitrogens is 1. The fourth-order valence-electron chi connectivity index (χ4n) is 3.59. The van der Waals surface area contributed by atoms with E-state index in [1.807, 2.05) is 29.3 Å². The van der Waals surface area contributed by atoms with Crippen LogP contribution >= 0.6 is 11.3 Å². The van der Waals surface area contributed by atoms with Crippen molar-refractivity contribution in [2.75, 3.05) is 18.4 Å². The lowest BCUT2D eigenvalue weighted by Gasteiger charge is -2.32. The highest BCUT2D eigenvalue weighted by Gasteiger charge is 2.28. The van der Waals surface area contributed by atoms with Crippen molar-refractivity contribution in [1.82, 2.24) is 20.1 Å². The molecule has 1 aliphatic heterocycles. The van der Waals surface area contributed by atoms with E-state index in [2.05, 4.69) is 26.6 Å². The number of hydrogen-bond acceptors (Lipinski definition) is 5. The fourth-order valence-corrected chi connectivity index (χ4v) is 4.04. The topological polar surface area (TPSA) is 91.0 Å². The van der Waals surface area contributed by atoms with Crippen molar-refractivity contribution in [2.24, 2.45) is 5.92 Å². The van der Waals surface area contributed by atoms with Crippen molar-refractivity contribution >= 4 is 39.2 Å². The second-order valence-electron chi connectivity index (χ2n) is 6.77. The Morgan fingerprint density at radius 2 is 2.22 bits per heavy atom. The van der Waals surface area contributed by atoms with Gasteiger partial charge in [0.2, 0.25) is 16.9 Å². The smallest absolute Gasteiger partial charge is 0.231 e. The van der Waals surface area contributed by atoms with E-state index in [1.165, 1.54) is 16.7 Å². The zero-order chi connectivity index (χ0) is 18.6. The third kappa shape index (κ3) is 4.00. The maximum absolute atomic E-state index is 12.7. The summed E-state index contributed by atoms with van der Waals surface area (Å²) in [7, 11) is 0. The first-order valence-electron chi connectivity index (χ1n) is 9.10. The van der Waals surface area contributed by atoms with E-state index in [4.69, 9.17) is 0 Å². The Hall–Kier alpha value is -2.74. The lowest BCUT2D eigenvalue weighted by molar-refractivity contribution is -0.134. The molecule has 140 valence electrons. The minimum atomic E-state index is -0.195. The summed E-state index contributed by atoms with van der Waals surface area (Å²) < 4.78 is 0. The minimum Gasteiger partial charge on any atom is -0.361 e. The number of anilines is 1. The lowest BCUT2D eigenvalue weighted by atomic mass is 9.96. The van der Waals surface area contributed by atoms with Crippen molar-refractivity contribution < 1.29 is 9.59 Å². The van der Waals surface area contributed by atoms with Gasteiger partial charge in [0.25, 0.3) is 0 Å². The van der Waals surface area contributed by atoms with Crippen LogP contribution in [0.2, 0.25) is 0 Å². The van der Waals surface area contributed by atoms with Gasteiger partial charge in [-0.25, -0.2) is 0 Å². The summed E-state index contributed by atoms with van der Waals surface area (Å²) in [5, 5.41) is 12.0. The normalized spacial score (nSPS) is 17.2. The van der Waals surface area contributed by atoms with E-state index in [0.717, 1.165) is 30.5 Å². The molecule has 1 saturated heterocycles. The Morgan fingerprint density at radius 1 is 1.33 bits per heavy atom. The number of likely N-dealkylation sites (tertiary alicyclic amines) is 1. The minimum absolute atomic E-state index is 0.0825. The van der Waals surface area contributed by atoms with Crippen LogP contribution < -0.4 is 5.32 Å². The standard InChI is InChI=1S/C19H21N5O2S/c25-17(8-7-13-10-20-16-6-2-1-5-15(13)16)24-9-3-4-14(11-24)18(26)22-19-23-21-12-27-19/h1-2,5-6,10,12,14,20H,3-4,7-9,11H2,(H,22,23,26)/t14-/m0/s1. The number of aryl methyl sites for hydroxylation is 1. The van der Waals surface area contributed by atoms with Crippen LogP contribution in [-0.4, -0.2) is 45.0 Å². The first-order chi connectivity index (χ1) is 13.2. The van der Waals surface area contributed by atoms with Crippen molar-refractivity contribution in [1.29, 1.82) is 0 Å². The molecule has 0 aliphatic carbocycles. The molecule has 1 fully saturated rings. The molecule has 1 atom stereocenters. The van der Waals surface area contributed by atoms with E-state index in [0.29, 0.717) is 24.5 Å². The molecule has 4 rings (SSSR count). The molecule has 0 radical (unpaired) electrons. The van der Waals surface area contributed by atoms with Gasteiger partial charge >= 0.3 is 0 Å². The molecule has 2 N–H and O–H groups in total. The number of hydrogen-bond donors (Lipinski definition) is 2. The first kappa shape index (κ1) is 17.7. The number of benzene rings is 1. The molecule has 0 bridgehead atoms. The van der Waals surface area contributed by atoms with Gasteiger partial charge in [0, 0.05) is 36.6 Å². The second kappa shape index (κ2) is 7.87. The van der Waals surface area contributed by atoms with Crippen molar-refractivity contribution in [2.45, 2.75) is 25.7 Å². The summed E-state index contributed by atoms with van der Waals surface area (Å²) in [6, 6.07) is 8.11. The van der Waals surface area contributed by atoms with Crippen molar-refractivity contribution in [3.8, 4) is 0 Å². The summed E-state index contributed by atoms with van der Waals surface area (Å²) in [5.74, 6) is -0.172. The Kier molecular flexibility index (Phi) is 5.15. The zero-order valence-electron chi connectivity index (χ0n) is 14.9. The zero-order valence-corrected chi connectivity index (χ0v) is 15.7. The third-order valence-corrected chi connectivity index (χ3v) is 5.62. The first-order valence-corrected chi connectivity index (χ1v) is 9.98. The predicted molar refractivity (Wildman–Crippen MR) is 104 cm³/mol. The number of amides is 2. The Balaban J connectivity index is 1.33. The summed E-state index contributed by atoms with van der Waals surface area (Å²) in [6.45, 7) is 1.19. The van der Waals surface area contributed by atoms with Gasteiger partial charge in [-0.3, -0.25) is 9.59 Å². The van der Waals surface area contributed by atoms with Gasteiger partial charge in [-0.1, -0.05) is 29.5 Å². The maximum Gasteiger partial charge on any atom is 0.231 e. The highest BCUT2D eigenvalue weighted by molar-refractivity contribution is 7.13. The molecule has 8 heteroatoms. The van der Waals surface area contributed by atoms with E-state index < -0.39 is 0 Å². The Labute approximate surface area is 160 Å². The largest absolute Gasteiger partial charge is 0.361 e. The SMILES string of the molecule is O=C(Nc1nncs1)[C@H]1CCCN(C(=O)CCc2c[nH]c3ccccc23)C1. The summed E-state index contributed by atoms with van der Waals surface area (Å²) in [6.07, 6.45) is 4.75. The van der Waals surface area contributed by atoms with Crippen LogP contribution in [0.25, 0.3) is 10.9 Å². The Bertz CT molecular complexity index is 937. The van der Waals surface area contributed by atoms with Crippen LogP contribution in [0.4, 0.5) is 5.13 Å². The molecule has 1 aliphatic rings. The van der Waals surface area contributed by atoms with Gasteiger partial charge < -0.3 is 15.2 Å². The number of para-hydroxylation sites is 1. The number of rotatable bonds is 5. The number of fused-ring (bicyclic) bond motifs is 1. The monoisotopic (exact) mass is 383 g/mol. The molecule has 7 nitrogen and oxygen atoms in total. The summed E-state index contributed by atoms with van der Waals surface area (Å²) >= 11 is 1.29. The number of aromatic nitrogens is 3. The van der Waals surface area contributed by atoms with Crippen LogP contribution in [0.5, 0.6) is 0 Å². The van der Waals surface area contributed by atoms with Crippen LogP contribution in [0.1, 0.15) is 24.8 Å². The number of piperidine rings is 1. The fraction of sp³-hybridized carbons (Fsp3) is 0.368. The molecular formula is C19H21N5O2S. The lowest BCUT2D eigenvalue weighted by Crippen LogP contribution is -2.43. The molecule has 2 amide bonds. The molecule has 27 heavy (non-hydrogen) atoms. The Morgan fingerprint density at radius 3 is 3.07 bits per heavy atom. The van der Waals surface area contributed by atoms with Crippen LogP contribution in [0.15, 0.2) is 36.0 Å².